The fourth-order valence-corrected chi connectivity index (χ4v) is 0.550. The lowest BCUT2D eigenvalue weighted by molar-refractivity contribution is -0.383. The molecule has 0 aliphatic heterocycles. The highest BCUT2D eigenvalue weighted by atomic mass is 16.6. The summed E-state index contributed by atoms with van der Waals surface area (Å²) in [5.74, 6) is 0. The van der Waals surface area contributed by atoms with Crippen LogP contribution in [-0.2, 0) is 0 Å². The summed E-state index contributed by atoms with van der Waals surface area (Å²) in [6.45, 7) is -2.87. The normalized spacial score (nSPS) is 18.5. The van der Waals surface area contributed by atoms with Gasteiger partial charge < -0.3 is 5.73 Å². The van der Waals surface area contributed by atoms with Crippen molar-refractivity contribution in [3.8, 4) is 0 Å². The summed E-state index contributed by atoms with van der Waals surface area (Å²) in [6.07, 6.45) is 0. The van der Waals surface area contributed by atoms with E-state index in [1.165, 1.54) is 0 Å². The maximum atomic E-state index is 10.7. The van der Waals surface area contributed by atoms with E-state index in [4.69, 9.17) is 14.0 Å². The first-order chi connectivity index (χ1) is 7.59. The van der Waals surface area contributed by atoms with E-state index in [0.29, 0.717) is 0 Å². The number of hydrogen-bond acceptors (Lipinski definition) is 3. The molecular weight excluding hydrogens is 144 g/mol. The van der Waals surface area contributed by atoms with Crippen LogP contribution in [0.5, 0.6) is 0 Å². The van der Waals surface area contributed by atoms with Crippen molar-refractivity contribution >= 4 is 11.4 Å². The predicted molar refractivity (Wildman–Crippen MR) is 42.2 cm³/mol. The maximum Gasteiger partial charge on any atom is 0.292 e. The lowest BCUT2D eigenvalue weighted by Gasteiger charge is -1.96. The van der Waals surface area contributed by atoms with Gasteiger partial charge in [-0.2, -0.15) is 0 Å². The number of hydrogen-bond donors (Lipinski definition) is 1. The van der Waals surface area contributed by atoms with Crippen molar-refractivity contribution < 1.29 is 13.1 Å². The molecule has 58 valence electrons. The molecule has 0 atom stereocenters. The second kappa shape index (κ2) is 2.57. The Morgan fingerprint density at radius 1 is 1.82 bits per heavy atom. The van der Waals surface area contributed by atoms with Gasteiger partial charge in [-0.05, 0) is 18.5 Å². The highest BCUT2D eigenvalue weighted by molar-refractivity contribution is 5.58. The maximum absolute atomic E-state index is 10.7. The first-order valence-corrected chi connectivity index (χ1v) is 2.63. The van der Waals surface area contributed by atoms with Gasteiger partial charge in [-0.15, -0.1) is 0 Å². The molecule has 2 N–H and O–H groups in total. The minimum atomic E-state index is -2.87. The summed E-state index contributed by atoms with van der Waals surface area (Å²) in [5.41, 5.74) is 2.80. The highest BCUT2D eigenvalue weighted by Gasteiger charge is 2.09. The van der Waals surface area contributed by atoms with Crippen LogP contribution in [0.25, 0.3) is 0 Å². The zero-order chi connectivity index (χ0) is 13.5. The van der Waals surface area contributed by atoms with Crippen LogP contribution in [0.1, 0.15) is 13.8 Å². The van der Waals surface area contributed by atoms with E-state index in [0.717, 1.165) is 0 Å². The Morgan fingerprint density at radius 3 is 3.09 bits per heavy atom. The van der Waals surface area contributed by atoms with Crippen LogP contribution in [0.2, 0.25) is 0 Å². The summed E-state index contributed by atoms with van der Waals surface area (Å²) in [5, 5.41) is 10.7. The number of nitrogens with zero attached hydrogens (tertiary/aromatic N) is 1. The van der Waals surface area contributed by atoms with Gasteiger partial charge in [0.15, 0.2) is 0 Å². The van der Waals surface area contributed by atoms with Gasteiger partial charge in [-0.25, -0.2) is 0 Å². The van der Waals surface area contributed by atoms with Crippen molar-refractivity contribution in [2.75, 3.05) is 5.73 Å². The topological polar surface area (TPSA) is 69.2 Å². The summed E-state index contributed by atoms with van der Waals surface area (Å²) in [6, 6.07) is -2.47. The molecule has 0 aliphatic carbocycles. The quantitative estimate of drug-likeness (QED) is 0.382. The van der Waals surface area contributed by atoms with Crippen molar-refractivity contribution in [1.82, 2.24) is 0 Å². The van der Waals surface area contributed by atoms with E-state index < -0.39 is 46.8 Å². The Hall–Kier alpha value is -1.58. The third-order valence-corrected chi connectivity index (χ3v) is 1.00. The molecule has 1 aromatic rings. The van der Waals surface area contributed by atoms with Crippen LogP contribution in [0.4, 0.5) is 11.4 Å². The number of rotatable bonds is 1. The van der Waals surface area contributed by atoms with E-state index >= 15 is 0 Å². The van der Waals surface area contributed by atoms with E-state index in [1.54, 1.807) is 0 Å². The number of nitro benzene ring substituents is 1. The van der Waals surface area contributed by atoms with Crippen LogP contribution in [0.15, 0.2) is 18.1 Å². The van der Waals surface area contributed by atoms with Crippen LogP contribution >= 0.6 is 0 Å². The predicted octanol–water partition coefficient (Wildman–Crippen LogP) is 1.49. The van der Waals surface area contributed by atoms with Gasteiger partial charge in [0.05, 0.1) is 9.04 Å². The zero-order valence-corrected chi connectivity index (χ0v) is 5.34. The Morgan fingerprint density at radius 2 is 2.55 bits per heavy atom. The molecule has 0 aliphatic rings. The fourth-order valence-electron chi connectivity index (χ4n) is 0.550. The molecule has 0 saturated heterocycles. The Labute approximate surface area is 72.2 Å². The van der Waals surface area contributed by atoms with Crippen LogP contribution < -0.4 is 5.73 Å². The smallest absolute Gasteiger partial charge is 0.292 e. The summed E-state index contributed by atoms with van der Waals surface area (Å²) in [4.78, 5) is 9.64. The lowest BCUT2D eigenvalue weighted by Crippen LogP contribution is -1.95. The minimum Gasteiger partial charge on any atom is -0.393 e. The summed E-state index contributed by atoms with van der Waals surface area (Å²) < 4.78 is 43.5. The van der Waals surface area contributed by atoms with Gasteiger partial charge in [0.25, 0.3) is 5.69 Å². The van der Waals surface area contributed by atoms with Gasteiger partial charge in [0, 0.05) is 10.2 Å². The van der Waals surface area contributed by atoms with Gasteiger partial charge in [-0.3, -0.25) is 10.1 Å². The Kier molecular flexibility index (Phi) is 0.657. The SMILES string of the molecule is [2H]c1c([2H])c(C([2H])([2H])[2H])c([2H])c([N+](=O)[O-])c1N. The van der Waals surface area contributed by atoms with Crippen molar-refractivity contribution in [3.05, 3.63) is 33.8 Å². The first kappa shape index (κ1) is 2.81. The van der Waals surface area contributed by atoms with E-state index in [-0.39, 0.29) is 0 Å². The average molecular weight is 158 g/mol. The standard InChI is InChI=1S/C7H8N2O2/c1-5-2-3-6(8)7(4-5)9(10)11/h2-4H,8H2,1H3/i1D3,2D,3D,4D. The van der Waals surface area contributed by atoms with Gasteiger partial charge in [0.1, 0.15) is 5.69 Å². The number of nitrogens with two attached hydrogens (primary N) is 1. The highest BCUT2D eigenvalue weighted by Crippen LogP contribution is 2.21. The molecule has 0 fully saturated rings. The largest absolute Gasteiger partial charge is 0.393 e. The number of benzene rings is 1. The molecule has 0 bridgehead atoms. The van der Waals surface area contributed by atoms with Crippen molar-refractivity contribution in [2.45, 2.75) is 6.85 Å². The van der Waals surface area contributed by atoms with E-state index in [9.17, 15) is 10.1 Å². The van der Waals surface area contributed by atoms with Crippen molar-refractivity contribution in [1.29, 1.82) is 0 Å². The van der Waals surface area contributed by atoms with E-state index in [1.807, 2.05) is 0 Å². The first-order valence-electron chi connectivity index (χ1n) is 5.63. The number of nitrogen functional groups attached to an aromatic ring is 1. The molecule has 0 saturated carbocycles. The van der Waals surface area contributed by atoms with Gasteiger partial charge >= 0.3 is 0 Å². The third kappa shape index (κ3) is 1.46. The molecule has 0 aromatic heterocycles. The molecule has 0 spiro atoms. The molecule has 0 unspecified atom stereocenters. The molecule has 4 nitrogen and oxygen atoms in total. The number of anilines is 1. The third-order valence-electron chi connectivity index (χ3n) is 1.00. The molecule has 1 aromatic carbocycles. The summed E-state index contributed by atoms with van der Waals surface area (Å²) in [7, 11) is 0. The van der Waals surface area contributed by atoms with E-state index in [2.05, 4.69) is 0 Å². The molecule has 0 radical (unpaired) electrons. The van der Waals surface area contributed by atoms with Crippen LogP contribution in [0.3, 0.4) is 0 Å². The van der Waals surface area contributed by atoms with Gasteiger partial charge in [0.2, 0.25) is 0 Å². The lowest BCUT2D eigenvalue weighted by atomic mass is 10.2. The monoisotopic (exact) mass is 158 g/mol. The van der Waals surface area contributed by atoms with Crippen LogP contribution in [-0.4, -0.2) is 4.92 Å². The molecule has 11 heavy (non-hydrogen) atoms. The van der Waals surface area contributed by atoms with Crippen LogP contribution in [0, 0.1) is 17.0 Å². The molecule has 0 amide bonds. The fraction of sp³-hybridized carbons (Fsp3) is 0.143. The second-order valence-electron chi connectivity index (χ2n) is 1.77. The van der Waals surface area contributed by atoms with Crippen molar-refractivity contribution in [2.24, 2.45) is 0 Å². The number of nitro groups is 1. The van der Waals surface area contributed by atoms with Crippen molar-refractivity contribution in [3.63, 3.8) is 0 Å². The van der Waals surface area contributed by atoms with Gasteiger partial charge in [-0.1, -0.05) is 6.04 Å². The Balaban J connectivity index is 3.81. The molecular formula is C7H8N2O2. The zero-order valence-electron chi connectivity index (χ0n) is 11.3. The average Bonchev–Trinajstić information content (AvgIpc) is 2.11. The Bertz CT molecular complexity index is 498. The molecule has 1 rings (SSSR count). The summed E-state index contributed by atoms with van der Waals surface area (Å²) >= 11 is 0. The molecule has 0 heterocycles. The minimum absolute atomic E-state index is 0.669. The second-order valence-corrected chi connectivity index (χ2v) is 1.77. The molecule has 4 heteroatoms.